The highest BCUT2D eigenvalue weighted by Gasteiger charge is 2.31. The molecule has 26 heteroatoms. The third-order valence-electron chi connectivity index (χ3n) is 8.22. The van der Waals surface area contributed by atoms with Crippen molar-refractivity contribution in [2.75, 3.05) is 45.8 Å². The standard InChI is InChI=1S/C37H57N13O13/c1-20(2)11-22(38)33(59)47-18-30(55)45-16-28(53)43-14-26(51)42-15-27(52)44-17-29(54)46-19-31(56)48-25(13-32(57)58)35(61)50-24(12-21-7-4-3-5-8-21)34(60)49-23(36(62)63)9-6-10-41-37(39)40/h3-5,7-8,20,22-25H,6,9-19,38H2,1-2H3,(H,42,51)(H,43,53)(H,44,52)(H,45,55)(H,46,54)(H,47,59)(H,48,56)(H,49,60)(H,50,61)(H,57,58)(H,62,63)(H4,39,40,41)/t22-,23-,24-,25-/m0/s1. The minimum absolute atomic E-state index is 0.0788. The van der Waals surface area contributed by atoms with Gasteiger partial charge in [-0.2, -0.15) is 0 Å². The van der Waals surface area contributed by atoms with Gasteiger partial charge in [-0.05, 0) is 30.7 Å². The minimum Gasteiger partial charge on any atom is -0.481 e. The van der Waals surface area contributed by atoms with Gasteiger partial charge in [-0.1, -0.05) is 44.2 Å². The Morgan fingerprint density at radius 3 is 1.48 bits per heavy atom. The monoisotopic (exact) mass is 891 g/mol. The lowest BCUT2D eigenvalue weighted by Gasteiger charge is -2.24. The number of aliphatic imine (C=N–C) groups is 1. The quantitative estimate of drug-likeness (QED) is 0.0202. The van der Waals surface area contributed by atoms with Gasteiger partial charge in [-0.25, -0.2) is 4.79 Å². The second kappa shape index (κ2) is 29.0. The summed E-state index contributed by atoms with van der Waals surface area (Å²) in [5.74, 6) is -10.5. The molecule has 0 radical (unpaired) electrons. The second-order valence-corrected chi connectivity index (χ2v) is 14.2. The van der Waals surface area contributed by atoms with E-state index in [9.17, 15) is 63.0 Å². The van der Waals surface area contributed by atoms with E-state index in [-0.39, 0.29) is 37.7 Å². The molecule has 1 aromatic rings. The molecule has 4 atom stereocenters. The molecule has 0 bridgehead atoms. The summed E-state index contributed by atoms with van der Waals surface area (Å²) in [6.07, 6.45) is -0.604. The van der Waals surface area contributed by atoms with Crippen molar-refractivity contribution in [2.45, 2.75) is 70.1 Å². The van der Waals surface area contributed by atoms with Crippen LogP contribution in [0.15, 0.2) is 35.3 Å². The predicted octanol–water partition coefficient (Wildman–Crippen LogP) is -6.63. The Morgan fingerprint density at radius 1 is 0.587 bits per heavy atom. The van der Waals surface area contributed by atoms with E-state index in [2.05, 4.69) is 52.8 Å². The predicted molar refractivity (Wildman–Crippen MR) is 221 cm³/mol. The van der Waals surface area contributed by atoms with E-state index in [1.165, 1.54) is 0 Å². The molecule has 348 valence electrons. The number of aliphatic carboxylic acids is 2. The van der Waals surface area contributed by atoms with Crippen LogP contribution in [0.1, 0.15) is 45.1 Å². The molecule has 0 aliphatic carbocycles. The van der Waals surface area contributed by atoms with Crippen LogP contribution in [0, 0.1) is 5.92 Å². The third-order valence-corrected chi connectivity index (χ3v) is 8.22. The molecule has 0 spiro atoms. The van der Waals surface area contributed by atoms with Crippen molar-refractivity contribution in [1.82, 2.24) is 47.9 Å². The van der Waals surface area contributed by atoms with Crippen LogP contribution in [0.2, 0.25) is 0 Å². The molecule has 0 aliphatic heterocycles. The highest BCUT2D eigenvalue weighted by Crippen LogP contribution is 2.07. The number of hydrogen-bond donors (Lipinski definition) is 14. The third kappa shape index (κ3) is 25.1. The Labute approximate surface area is 361 Å². The Kier molecular flexibility index (Phi) is 24.7. The number of benzene rings is 1. The first-order valence-corrected chi connectivity index (χ1v) is 19.5. The van der Waals surface area contributed by atoms with E-state index >= 15 is 0 Å². The molecule has 26 nitrogen and oxygen atoms in total. The summed E-state index contributed by atoms with van der Waals surface area (Å²) in [5.41, 5.74) is 16.8. The molecule has 0 heterocycles. The molecule has 0 unspecified atom stereocenters. The zero-order valence-electron chi connectivity index (χ0n) is 34.8. The number of guanidine groups is 1. The van der Waals surface area contributed by atoms with Gasteiger partial charge in [0.05, 0.1) is 51.7 Å². The lowest BCUT2D eigenvalue weighted by Crippen LogP contribution is -2.57. The molecule has 17 N–H and O–H groups in total. The topological polar surface area (TPSA) is 427 Å². The number of nitrogens with one attached hydrogen (secondary N) is 9. The maximum absolute atomic E-state index is 13.3. The van der Waals surface area contributed by atoms with Crippen LogP contribution < -0.4 is 65.1 Å². The van der Waals surface area contributed by atoms with Gasteiger partial charge in [-0.3, -0.25) is 52.9 Å². The number of nitrogens with two attached hydrogens (primary N) is 3. The van der Waals surface area contributed by atoms with Crippen LogP contribution in [-0.2, 0) is 59.2 Å². The van der Waals surface area contributed by atoms with Crippen molar-refractivity contribution in [3.05, 3.63) is 35.9 Å². The van der Waals surface area contributed by atoms with E-state index in [1.807, 2.05) is 13.8 Å². The van der Waals surface area contributed by atoms with Gasteiger partial charge >= 0.3 is 11.9 Å². The van der Waals surface area contributed by atoms with Crippen molar-refractivity contribution in [3.63, 3.8) is 0 Å². The van der Waals surface area contributed by atoms with E-state index < -0.39 is 135 Å². The molecule has 1 rings (SSSR count). The van der Waals surface area contributed by atoms with Gasteiger partial charge in [0.15, 0.2) is 5.96 Å². The lowest BCUT2D eigenvalue weighted by atomic mass is 10.0. The summed E-state index contributed by atoms with van der Waals surface area (Å²) in [6.45, 7) is 0.240. The number of carboxylic acids is 2. The fourth-order valence-corrected chi connectivity index (χ4v) is 5.11. The van der Waals surface area contributed by atoms with Crippen molar-refractivity contribution >= 4 is 71.1 Å². The molecule has 9 amide bonds. The second-order valence-electron chi connectivity index (χ2n) is 14.2. The van der Waals surface area contributed by atoms with E-state index in [4.69, 9.17) is 17.2 Å². The Bertz CT molecular complexity index is 1810. The molecule has 0 saturated carbocycles. The fourth-order valence-electron chi connectivity index (χ4n) is 5.11. The van der Waals surface area contributed by atoms with E-state index in [0.717, 1.165) is 0 Å². The van der Waals surface area contributed by atoms with Crippen LogP contribution in [0.4, 0.5) is 0 Å². The number of rotatable bonds is 29. The summed E-state index contributed by atoms with van der Waals surface area (Å²) in [6, 6.07) is 2.84. The number of carbonyl (C=O) groups excluding carboxylic acids is 9. The van der Waals surface area contributed by atoms with Crippen LogP contribution in [0.25, 0.3) is 0 Å². The summed E-state index contributed by atoms with van der Waals surface area (Å²) in [4.78, 5) is 139. The molecule has 0 aromatic heterocycles. The molecule has 63 heavy (non-hydrogen) atoms. The van der Waals surface area contributed by atoms with Gasteiger partial charge in [0.25, 0.3) is 0 Å². The van der Waals surface area contributed by atoms with Crippen molar-refractivity contribution < 1.29 is 63.0 Å². The first kappa shape index (κ1) is 53.6. The fraction of sp³-hybridized carbons (Fsp3) is 0.514. The van der Waals surface area contributed by atoms with Crippen LogP contribution in [0.5, 0.6) is 0 Å². The number of hydrogen-bond acceptors (Lipinski definition) is 13. The Morgan fingerprint density at radius 2 is 1.03 bits per heavy atom. The lowest BCUT2D eigenvalue weighted by molar-refractivity contribution is -0.143. The molecular weight excluding hydrogens is 834 g/mol. The first-order chi connectivity index (χ1) is 29.7. The van der Waals surface area contributed by atoms with Crippen molar-refractivity contribution in [2.24, 2.45) is 28.1 Å². The number of nitrogens with zero attached hydrogens (tertiary/aromatic N) is 1. The highest BCUT2D eigenvalue weighted by molar-refractivity contribution is 5.96. The molecule has 0 fully saturated rings. The van der Waals surface area contributed by atoms with E-state index in [1.54, 1.807) is 30.3 Å². The Balaban J connectivity index is 2.61. The summed E-state index contributed by atoms with van der Waals surface area (Å²) in [7, 11) is 0. The zero-order chi connectivity index (χ0) is 47.5. The van der Waals surface area contributed by atoms with Crippen LogP contribution in [0.3, 0.4) is 0 Å². The van der Waals surface area contributed by atoms with Gasteiger partial charge in [0, 0.05) is 13.0 Å². The average Bonchev–Trinajstić information content (AvgIpc) is 3.21. The number of carboxylic acid groups (broad SMARTS) is 2. The Hall–Kier alpha value is -7.38. The normalized spacial score (nSPS) is 12.4. The molecule has 0 saturated heterocycles. The van der Waals surface area contributed by atoms with Gasteiger partial charge in [0.1, 0.15) is 18.1 Å². The summed E-state index contributed by atoms with van der Waals surface area (Å²) in [5, 5.41) is 39.3. The maximum atomic E-state index is 13.3. The molecular formula is C37H57N13O13. The smallest absolute Gasteiger partial charge is 0.326 e. The summed E-state index contributed by atoms with van der Waals surface area (Å²) >= 11 is 0. The van der Waals surface area contributed by atoms with Gasteiger partial charge in [-0.15, -0.1) is 0 Å². The van der Waals surface area contributed by atoms with Gasteiger partial charge < -0.3 is 75.3 Å². The maximum Gasteiger partial charge on any atom is 0.326 e. The average molecular weight is 892 g/mol. The SMILES string of the molecule is CC(C)C[C@H](N)C(=O)NCC(=O)NCC(=O)NCC(=O)NCC(=O)NCC(=O)NCC(=O)N[C@@H](CC(=O)O)C(=O)N[C@@H](Cc1ccccc1)C(=O)N[C@@H](CCCN=C(N)N)C(=O)O. The van der Waals surface area contributed by atoms with Crippen LogP contribution >= 0.6 is 0 Å². The zero-order valence-corrected chi connectivity index (χ0v) is 34.8. The van der Waals surface area contributed by atoms with Crippen molar-refractivity contribution in [3.8, 4) is 0 Å². The van der Waals surface area contributed by atoms with Crippen LogP contribution in [-0.4, -0.2) is 151 Å². The minimum atomic E-state index is -1.77. The highest BCUT2D eigenvalue weighted by atomic mass is 16.4. The molecule has 0 aliphatic rings. The summed E-state index contributed by atoms with van der Waals surface area (Å²) < 4.78 is 0. The van der Waals surface area contributed by atoms with E-state index in [0.29, 0.717) is 12.0 Å². The largest absolute Gasteiger partial charge is 0.481 e. The first-order valence-electron chi connectivity index (χ1n) is 19.5. The van der Waals surface area contributed by atoms with Gasteiger partial charge in [0.2, 0.25) is 53.2 Å². The molecule has 1 aromatic carbocycles. The number of amides is 9. The number of carbonyl (C=O) groups is 11. The van der Waals surface area contributed by atoms with Crippen molar-refractivity contribution in [1.29, 1.82) is 0 Å².